The van der Waals surface area contributed by atoms with Crippen LogP contribution >= 0.6 is 0 Å². The van der Waals surface area contributed by atoms with Crippen molar-refractivity contribution in [2.45, 2.75) is 13.3 Å². The number of anilines is 5. The number of hydrogen-bond donors (Lipinski definition) is 3. The Kier molecular flexibility index (Phi) is 4.33. The van der Waals surface area contributed by atoms with E-state index in [-0.39, 0.29) is 0 Å². The number of rotatable bonds is 5. The van der Waals surface area contributed by atoms with Crippen LogP contribution in [0.1, 0.15) is 12.5 Å². The molecule has 0 radical (unpaired) electrons. The SMILES string of the molecule is CCc1ccccc1Nc1ncnc(Nc2cccnc2)c1N. The van der Waals surface area contributed by atoms with Gasteiger partial charge in [0, 0.05) is 11.9 Å². The van der Waals surface area contributed by atoms with E-state index in [1.807, 2.05) is 30.3 Å². The highest BCUT2D eigenvalue weighted by molar-refractivity contribution is 5.80. The molecular weight excluding hydrogens is 288 g/mol. The highest BCUT2D eigenvalue weighted by Crippen LogP contribution is 2.29. The summed E-state index contributed by atoms with van der Waals surface area (Å²) in [5.74, 6) is 1.12. The predicted octanol–water partition coefficient (Wildman–Crippen LogP) is 3.50. The third-order valence-electron chi connectivity index (χ3n) is 3.46. The van der Waals surface area contributed by atoms with E-state index >= 15 is 0 Å². The number of benzene rings is 1. The molecule has 0 aliphatic carbocycles. The smallest absolute Gasteiger partial charge is 0.159 e. The van der Waals surface area contributed by atoms with Crippen LogP contribution in [0.4, 0.5) is 28.7 Å². The summed E-state index contributed by atoms with van der Waals surface area (Å²) in [6.45, 7) is 2.11. The third-order valence-corrected chi connectivity index (χ3v) is 3.46. The van der Waals surface area contributed by atoms with Crippen molar-refractivity contribution in [1.29, 1.82) is 0 Å². The van der Waals surface area contributed by atoms with Crippen molar-refractivity contribution in [3.05, 3.63) is 60.7 Å². The Hall–Kier alpha value is -3.15. The van der Waals surface area contributed by atoms with Crippen LogP contribution in [-0.2, 0) is 6.42 Å². The monoisotopic (exact) mass is 306 g/mol. The fourth-order valence-corrected chi connectivity index (χ4v) is 2.25. The predicted molar refractivity (Wildman–Crippen MR) is 93.1 cm³/mol. The van der Waals surface area contributed by atoms with Crippen LogP contribution in [0.2, 0.25) is 0 Å². The Morgan fingerprint density at radius 3 is 2.52 bits per heavy atom. The number of hydrogen-bond acceptors (Lipinski definition) is 6. The van der Waals surface area contributed by atoms with Gasteiger partial charge in [0.1, 0.15) is 12.0 Å². The lowest BCUT2D eigenvalue weighted by molar-refractivity contribution is 1.13. The number of pyridine rings is 1. The Morgan fingerprint density at radius 2 is 1.78 bits per heavy atom. The van der Waals surface area contributed by atoms with E-state index in [0.717, 1.165) is 17.8 Å². The molecule has 0 unspecified atom stereocenters. The van der Waals surface area contributed by atoms with Gasteiger partial charge >= 0.3 is 0 Å². The van der Waals surface area contributed by atoms with Gasteiger partial charge < -0.3 is 16.4 Å². The Morgan fingerprint density at radius 1 is 1.00 bits per heavy atom. The molecule has 3 rings (SSSR count). The zero-order chi connectivity index (χ0) is 16.1. The molecule has 0 saturated heterocycles. The maximum absolute atomic E-state index is 6.20. The van der Waals surface area contributed by atoms with Crippen molar-refractivity contribution in [3.63, 3.8) is 0 Å². The van der Waals surface area contributed by atoms with Crippen molar-refractivity contribution < 1.29 is 0 Å². The van der Waals surface area contributed by atoms with Crippen LogP contribution in [0.15, 0.2) is 55.1 Å². The summed E-state index contributed by atoms with van der Waals surface area (Å²) in [6, 6.07) is 11.8. The van der Waals surface area contributed by atoms with E-state index in [0.29, 0.717) is 17.3 Å². The molecule has 4 N–H and O–H groups in total. The van der Waals surface area contributed by atoms with Gasteiger partial charge in [0.2, 0.25) is 0 Å². The van der Waals surface area contributed by atoms with Crippen LogP contribution in [0.25, 0.3) is 0 Å². The standard InChI is InChI=1S/C17H18N6/c1-2-12-6-3-4-8-14(12)23-17-15(18)16(20-11-21-17)22-13-7-5-9-19-10-13/h3-11H,2,18H2,1H3,(H2,20,21,22,23). The van der Waals surface area contributed by atoms with Crippen LogP contribution < -0.4 is 16.4 Å². The van der Waals surface area contributed by atoms with Gasteiger partial charge in [0.25, 0.3) is 0 Å². The van der Waals surface area contributed by atoms with Gasteiger partial charge in [-0.2, -0.15) is 0 Å². The molecule has 1 aromatic carbocycles. The molecule has 0 aliphatic rings. The number of para-hydroxylation sites is 1. The van der Waals surface area contributed by atoms with Crippen molar-refractivity contribution in [2.75, 3.05) is 16.4 Å². The van der Waals surface area contributed by atoms with Crippen LogP contribution in [0.5, 0.6) is 0 Å². The maximum atomic E-state index is 6.20. The van der Waals surface area contributed by atoms with E-state index in [1.165, 1.54) is 11.9 Å². The molecule has 0 atom stereocenters. The van der Waals surface area contributed by atoms with Gasteiger partial charge in [-0.3, -0.25) is 4.98 Å². The van der Waals surface area contributed by atoms with Crippen molar-refractivity contribution in [3.8, 4) is 0 Å². The summed E-state index contributed by atoms with van der Waals surface area (Å²) in [5, 5.41) is 6.43. The van der Waals surface area contributed by atoms with Crippen LogP contribution in [-0.4, -0.2) is 15.0 Å². The minimum atomic E-state index is 0.460. The molecule has 6 heteroatoms. The molecule has 0 spiro atoms. The highest BCUT2D eigenvalue weighted by atomic mass is 15.1. The molecular formula is C17H18N6. The summed E-state index contributed by atoms with van der Waals surface area (Å²) in [7, 11) is 0. The largest absolute Gasteiger partial charge is 0.393 e. The number of aryl methyl sites for hydroxylation is 1. The van der Waals surface area contributed by atoms with E-state index in [2.05, 4.69) is 38.6 Å². The summed E-state index contributed by atoms with van der Waals surface area (Å²) >= 11 is 0. The van der Waals surface area contributed by atoms with E-state index in [4.69, 9.17) is 5.73 Å². The molecule has 2 aromatic heterocycles. The first-order valence-corrected chi connectivity index (χ1v) is 7.40. The number of aromatic nitrogens is 3. The quantitative estimate of drug-likeness (QED) is 0.668. The van der Waals surface area contributed by atoms with E-state index < -0.39 is 0 Å². The van der Waals surface area contributed by atoms with Gasteiger partial charge in [-0.25, -0.2) is 9.97 Å². The second kappa shape index (κ2) is 6.74. The number of nitrogens with zero attached hydrogens (tertiary/aromatic N) is 3. The second-order valence-corrected chi connectivity index (χ2v) is 4.99. The molecule has 23 heavy (non-hydrogen) atoms. The molecule has 0 aliphatic heterocycles. The lowest BCUT2D eigenvalue weighted by Crippen LogP contribution is -2.06. The second-order valence-electron chi connectivity index (χ2n) is 4.99. The highest BCUT2D eigenvalue weighted by Gasteiger charge is 2.10. The van der Waals surface area contributed by atoms with E-state index in [1.54, 1.807) is 12.4 Å². The summed E-state index contributed by atoms with van der Waals surface area (Å²) in [5.41, 5.74) is 9.67. The van der Waals surface area contributed by atoms with Crippen molar-refractivity contribution >= 4 is 28.7 Å². The molecule has 0 saturated carbocycles. The molecule has 0 bridgehead atoms. The minimum absolute atomic E-state index is 0.460. The minimum Gasteiger partial charge on any atom is -0.393 e. The van der Waals surface area contributed by atoms with Gasteiger partial charge in [0.15, 0.2) is 11.6 Å². The fraction of sp³-hybridized carbons (Fsp3) is 0.118. The van der Waals surface area contributed by atoms with Gasteiger partial charge in [-0.15, -0.1) is 0 Å². The Labute approximate surface area is 134 Å². The Balaban J connectivity index is 1.88. The lowest BCUT2D eigenvalue weighted by atomic mass is 10.1. The summed E-state index contributed by atoms with van der Waals surface area (Å²) in [4.78, 5) is 12.5. The normalized spacial score (nSPS) is 10.3. The molecule has 116 valence electrons. The average molecular weight is 306 g/mol. The average Bonchev–Trinajstić information content (AvgIpc) is 2.60. The topological polar surface area (TPSA) is 88.8 Å². The van der Waals surface area contributed by atoms with Crippen LogP contribution in [0, 0.1) is 0 Å². The zero-order valence-electron chi connectivity index (χ0n) is 12.8. The van der Waals surface area contributed by atoms with Crippen molar-refractivity contribution in [1.82, 2.24) is 15.0 Å². The Bertz CT molecular complexity index is 788. The number of nitrogens with one attached hydrogen (secondary N) is 2. The molecule has 3 aromatic rings. The first kappa shape index (κ1) is 14.8. The summed E-state index contributed by atoms with van der Waals surface area (Å²) < 4.78 is 0. The molecule has 0 amide bonds. The summed E-state index contributed by atoms with van der Waals surface area (Å²) in [6.07, 6.45) is 5.82. The van der Waals surface area contributed by atoms with Gasteiger partial charge in [-0.05, 0) is 30.2 Å². The third kappa shape index (κ3) is 3.37. The van der Waals surface area contributed by atoms with Gasteiger partial charge in [-0.1, -0.05) is 25.1 Å². The molecule has 2 heterocycles. The number of nitrogens with two attached hydrogens (primary N) is 1. The molecule has 0 fully saturated rings. The van der Waals surface area contributed by atoms with Crippen molar-refractivity contribution in [2.24, 2.45) is 0 Å². The first-order valence-electron chi connectivity index (χ1n) is 7.40. The maximum Gasteiger partial charge on any atom is 0.159 e. The first-order chi connectivity index (χ1) is 11.3. The van der Waals surface area contributed by atoms with E-state index in [9.17, 15) is 0 Å². The number of nitrogen functional groups attached to an aromatic ring is 1. The zero-order valence-corrected chi connectivity index (χ0v) is 12.8. The van der Waals surface area contributed by atoms with Crippen LogP contribution in [0.3, 0.4) is 0 Å². The molecule has 6 nitrogen and oxygen atoms in total. The lowest BCUT2D eigenvalue weighted by Gasteiger charge is -2.14. The fourth-order valence-electron chi connectivity index (χ4n) is 2.25. The van der Waals surface area contributed by atoms with Gasteiger partial charge in [0.05, 0.1) is 11.9 Å².